The van der Waals surface area contributed by atoms with Crippen molar-refractivity contribution < 1.29 is 33.2 Å². The van der Waals surface area contributed by atoms with Gasteiger partial charge >= 0.3 is 15.2 Å². The van der Waals surface area contributed by atoms with Crippen LogP contribution in [0.4, 0.5) is 5.82 Å². The lowest BCUT2D eigenvalue weighted by molar-refractivity contribution is 0.343. The zero-order chi connectivity index (χ0) is 19.3. The average molecular weight is 420 g/mol. The van der Waals surface area contributed by atoms with Crippen LogP contribution in [-0.4, -0.2) is 40.2 Å². The van der Waals surface area contributed by atoms with E-state index in [0.29, 0.717) is 21.7 Å². The molecular weight excluding hydrogens is 406 g/mol. The molecule has 0 amide bonds. The number of nitrogens with one attached hydrogen (secondary N) is 1. The van der Waals surface area contributed by atoms with E-state index in [-0.39, 0.29) is 5.82 Å². The molecule has 0 aliphatic heterocycles. The van der Waals surface area contributed by atoms with Crippen LogP contribution in [0.1, 0.15) is 11.5 Å². The Balaban J connectivity index is 2.11. The molecular formula is C12H14N4O7P2S. The summed E-state index contributed by atoms with van der Waals surface area (Å²) in [6.07, 6.45) is 1.13. The Bertz CT molecular complexity index is 1030. The van der Waals surface area contributed by atoms with Gasteiger partial charge in [0.1, 0.15) is 22.7 Å². The van der Waals surface area contributed by atoms with E-state index in [1.54, 1.807) is 19.9 Å². The maximum atomic E-state index is 11.5. The van der Waals surface area contributed by atoms with Crippen molar-refractivity contribution in [1.82, 2.24) is 15.1 Å². The molecule has 0 unspecified atom stereocenters. The Hall–Kier alpha value is -1.65. The van der Waals surface area contributed by atoms with Crippen molar-refractivity contribution in [3.63, 3.8) is 0 Å². The maximum absolute atomic E-state index is 11.5. The highest BCUT2D eigenvalue weighted by atomic mass is 32.1. The second kappa shape index (κ2) is 6.50. The van der Waals surface area contributed by atoms with Gasteiger partial charge in [0.15, 0.2) is 0 Å². The second-order valence-electron chi connectivity index (χ2n) is 5.45. The number of aryl methyl sites for hydroxylation is 2. The van der Waals surface area contributed by atoms with Gasteiger partial charge in [0.05, 0.1) is 16.6 Å². The number of rotatable bonds is 5. The summed E-state index contributed by atoms with van der Waals surface area (Å²) in [6.45, 7) is 3.50. The van der Waals surface area contributed by atoms with Crippen LogP contribution in [0.2, 0.25) is 0 Å². The van der Waals surface area contributed by atoms with Gasteiger partial charge in [0.2, 0.25) is 5.52 Å². The fraction of sp³-hybridized carbons (Fsp3) is 0.250. The number of nitrogens with zero attached hydrogens (tertiary/aromatic N) is 3. The van der Waals surface area contributed by atoms with Gasteiger partial charge in [0.25, 0.3) is 0 Å². The molecule has 0 radical (unpaired) electrons. The molecule has 0 aliphatic rings. The highest BCUT2D eigenvalue weighted by Gasteiger charge is 2.44. The Labute approximate surface area is 150 Å². The molecule has 140 valence electrons. The van der Waals surface area contributed by atoms with Crippen molar-refractivity contribution in [2.24, 2.45) is 0 Å². The molecule has 0 spiro atoms. The Morgan fingerprint density at radius 1 is 1.15 bits per heavy atom. The summed E-state index contributed by atoms with van der Waals surface area (Å²) in [5.74, 6) is 0.487. The molecule has 0 saturated heterocycles. The number of hydrogen-bond acceptors (Lipinski definition) is 8. The molecule has 11 nitrogen and oxygen atoms in total. The minimum absolute atomic E-state index is 0.0964. The smallest absolute Gasteiger partial charge is 0.360 e. The first-order valence-corrected chi connectivity index (χ1v) is 11.2. The average Bonchev–Trinajstić information content (AvgIpc) is 3.05. The Morgan fingerprint density at radius 2 is 1.81 bits per heavy atom. The molecule has 14 heteroatoms. The van der Waals surface area contributed by atoms with Crippen molar-refractivity contribution in [3.05, 3.63) is 23.8 Å². The van der Waals surface area contributed by atoms with Gasteiger partial charge in [-0.15, -0.1) is 11.3 Å². The molecule has 0 atom stereocenters. The summed E-state index contributed by atoms with van der Waals surface area (Å²) in [4.78, 5) is 46.2. The number of aromatic nitrogens is 3. The van der Waals surface area contributed by atoms with Crippen LogP contribution in [0.25, 0.3) is 20.7 Å². The fourth-order valence-electron chi connectivity index (χ4n) is 2.41. The summed E-state index contributed by atoms with van der Waals surface area (Å²) >= 11 is 1.26. The molecule has 0 aliphatic carbocycles. The number of hydrogen-bond donors (Lipinski definition) is 5. The largest absolute Gasteiger partial charge is 0.361 e. The van der Waals surface area contributed by atoms with E-state index in [9.17, 15) is 28.7 Å². The highest BCUT2D eigenvalue weighted by molar-refractivity contribution is 7.71. The zero-order valence-corrected chi connectivity index (χ0v) is 16.0. The van der Waals surface area contributed by atoms with Gasteiger partial charge in [-0.25, -0.2) is 9.97 Å². The highest BCUT2D eigenvalue weighted by Crippen LogP contribution is 2.59. The molecule has 0 saturated carbocycles. The van der Waals surface area contributed by atoms with Gasteiger partial charge < -0.3 is 29.4 Å². The van der Waals surface area contributed by atoms with Gasteiger partial charge in [0, 0.05) is 4.88 Å². The van der Waals surface area contributed by atoms with Crippen molar-refractivity contribution in [1.29, 1.82) is 0 Å². The molecule has 26 heavy (non-hydrogen) atoms. The summed E-state index contributed by atoms with van der Waals surface area (Å²) in [7, 11) is -10.3. The van der Waals surface area contributed by atoms with E-state index in [2.05, 4.69) is 20.4 Å². The van der Waals surface area contributed by atoms with Gasteiger partial charge in [-0.2, -0.15) is 0 Å². The van der Waals surface area contributed by atoms with Gasteiger partial charge in [-0.05, 0) is 19.9 Å². The monoisotopic (exact) mass is 420 g/mol. The van der Waals surface area contributed by atoms with E-state index >= 15 is 0 Å². The molecule has 3 aromatic heterocycles. The number of fused-ring (bicyclic) bond motifs is 1. The van der Waals surface area contributed by atoms with Crippen LogP contribution in [0.5, 0.6) is 0 Å². The molecule has 0 fully saturated rings. The topological polar surface area (TPSA) is 179 Å². The predicted octanol–water partition coefficient (Wildman–Crippen LogP) is 2.01. The third kappa shape index (κ3) is 3.58. The van der Waals surface area contributed by atoms with E-state index in [4.69, 9.17) is 4.52 Å². The van der Waals surface area contributed by atoms with Crippen molar-refractivity contribution in [2.45, 2.75) is 19.4 Å². The predicted molar refractivity (Wildman–Crippen MR) is 93.9 cm³/mol. The molecule has 5 N–H and O–H groups in total. The molecule has 0 bridgehead atoms. The van der Waals surface area contributed by atoms with Crippen LogP contribution in [0.3, 0.4) is 0 Å². The number of anilines is 1. The summed E-state index contributed by atoms with van der Waals surface area (Å²) < 4.78 is 28.1. The lowest BCUT2D eigenvalue weighted by Gasteiger charge is -2.21. The fourth-order valence-corrected chi connectivity index (χ4v) is 5.71. The van der Waals surface area contributed by atoms with Crippen LogP contribution in [0, 0.1) is 13.8 Å². The molecule has 3 rings (SSSR count). The summed E-state index contributed by atoms with van der Waals surface area (Å²) in [5.41, 5.74) is -1.00. The third-order valence-corrected chi connectivity index (χ3v) is 7.91. The van der Waals surface area contributed by atoms with Crippen LogP contribution in [-0.2, 0) is 9.13 Å². The van der Waals surface area contributed by atoms with Crippen LogP contribution in [0.15, 0.2) is 16.9 Å². The lowest BCUT2D eigenvalue weighted by atomic mass is 10.1. The Kier molecular flexibility index (Phi) is 4.78. The Morgan fingerprint density at radius 3 is 2.35 bits per heavy atom. The first-order valence-electron chi connectivity index (χ1n) is 7.03. The quantitative estimate of drug-likeness (QED) is 0.381. The molecule has 0 aromatic carbocycles. The molecule has 3 heterocycles. The second-order valence-corrected chi connectivity index (χ2v) is 10.3. The minimum atomic E-state index is -5.15. The summed E-state index contributed by atoms with van der Waals surface area (Å²) in [6, 6.07) is 1.64. The maximum Gasteiger partial charge on any atom is 0.360 e. The number of thiophene rings is 1. The van der Waals surface area contributed by atoms with Crippen LogP contribution >= 0.6 is 26.5 Å². The summed E-state index contributed by atoms with van der Waals surface area (Å²) in [5, 5.41) is 6.41. The minimum Gasteiger partial charge on any atom is -0.361 e. The van der Waals surface area contributed by atoms with E-state index in [1.807, 2.05) is 0 Å². The van der Waals surface area contributed by atoms with Crippen molar-refractivity contribution in [2.75, 3.05) is 5.32 Å². The first kappa shape index (κ1) is 19.1. The van der Waals surface area contributed by atoms with Gasteiger partial charge in [-0.1, -0.05) is 5.16 Å². The van der Waals surface area contributed by atoms with Gasteiger partial charge in [-0.3, -0.25) is 9.13 Å². The third-order valence-electron chi connectivity index (χ3n) is 3.51. The van der Waals surface area contributed by atoms with Crippen LogP contribution < -0.4 is 5.32 Å². The molecule has 3 aromatic rings. The van der Waals surface area contributed by atoms with Crippen molar-refractivity contribution in [3.8, 4) is 10.4 Å². The normalized spacial score (nSPS) is 12.9. The van der Waals surface area contributed by atoms with Crippen molar-refractivity contribution >= 4 is 42.6 Å². The standard InChI is InChI=1S/C12H14N4O7P2S/c1-5-9(6(2)23-16-5)8-3-7-10(13-4-14-11(7)26-8)15-12(24(17,18)19)25(20,21)22/h3-4,12H,1-2H3,(H,13,14,15)(H2,17,18,19)(H2,20,21,22). The SMILES string of the molecule is Cc1noc(C)c1-c1cc2c(NC(P(=O)(O)O)P(=O)(O)O)ncnc2s1. The first-order chi connectivity index (χ1) is 12.0. The lowest BCUT2D eigenvalue weighted by Crippen LogP contribution is -2.20. The van der Waals surface area contributed by atoms with E-state index in [0.717, 1.165) is 16.8 Å². The zero-order valence-electron chi connectivity index (χ0n) is 13.4. The van der Waals surface area contributed by atoms with E-state index in [1.165, 1.54) is 11.3 Å². The van der Waals surface area contributed by atoms with E-state index < -0.39 is 20.7 Å².